The van der Waals surface area contributed by atoms with E-state index in [0.29, 0.717) is 19.5 Å². The number of halogens is 1. The predicted molar refractivity (Wildman–Crippen MR) is 87.3 cm³/mol. The number of furan rings is 1. The van der Waals surface area contributed by atoms with Gasteiger partial charge in [0.05, 0.1) is 7.11 Å². The Morgan fingerprint density at radius 2 is 2.00 bits per heavy atom. The number of rotatable bonds is 4. The van der Waals surface area contributed by atoms with Crippen molar-refractivity contribution in [3.05, 3.63) is 17.1 Å². The number of ether oxygens (including phenoxy) is 1. The first kappa shape index (κ1) is 20.0. The number of carbonyl (C=O) groups is 1. The van der Waals surface area contributed by atoms with Crippen LogP contribution in [-0.4, -0.2) is 44.9 Å². The maximum Gasteiger partial charge on any atom is 0.342 e. The van der Waals surface area contributed by atoms with Crippen LogP contribution in [0.25, 0.3) is 0 Å². The fraction of sp³-hybridized carbons (Fsp3) is 0.643. The second-order valence-electron chi connectivity index (χ2n) is 5.68. The molecule has 1 aromatic heterocycles. The van der Waals surface area contributed by atoms with Crippen molar-refractivity contribution in [3.63, 3.8) is 0 Å². The molecule has 1 aliphatic rings. The molecular weight excluding hydrogens is 344 g/mol. The molecule has 1 saturated heterocycles. The van der Waals surface area contributed by atoms with E-state index in [0.717, 1.165) is 0 Å². The van der Waals surface area contributed by atoms with E-state index in [4.69, 9.17) is 10.2 Å². The zero-order chi connectivity index (χ0) is 16.7. The minimum absolute atomic E-state index is 0. The van der Waals surface area contributed by atoms with E-state index in [-0.39, 0.29) is 46.3 Å². The average Bonchev–Trinajstić information content (AvgIpc) is 3.03. The Hall–Kier alpha value is -1.09. The van der Waals surface area contributed by atoms with Crippen molar-refractivity contribution in [2.45, 2.75) is 38.1 Å². The summed E-state index contributed by atoms with van der Waals surface area (Å²) in [5.41, 5.74) is 5.84. The number of aryl methyl sites for hydroxylation is 2. The van der Waals surface area contributed by atoms with Gasteiger partial charge in [0.2, 0.25) is 10.0 Å². The van der Waals surface area contributed by atoms with Crippen molar-refractivity contribution in [2.24, 2.45) is 11.7 Å². The maximum absolute atomic E-state index is 12.9. The van der Waals surface area contributed by atoms with Crippen molar-refractivity contribution in [3.8, 4) is 0 Å². The second-order valence-corrected chi connectivity index (χ2v) is 7.56. The molecule has 0 aliphatic carbocycles. The van der Waals surface area contributed by atoms with Gasteiger partial charge in [-0.3, -0.25) is 0 Å². The molecular formula is C14H23ClN2O5S. The first-order chi connectivity index (χ1) is 10.2. The van der Waals surface area contributed by atoms with Gasteiger partial charge >= 0.3 is 5.97 Å². The minimum atomic E-state index is -3.82. The molecule has 2 atom stereocenters. The fourth-order valence-electron chi connectivity index (χ4n) is 2.84. The van der Waals surface area contributed by atoms with Gasteiger partial charge in [-0.1, -0.05) is 0 Å². The number of esters is 1. The average molecular weight is 367 g/mol. The third-order valence-corrected chi connectivity index (χ3v) is 6.14. The summed E-state index contributed by atoms with van der Waals surface area (Å²) in [5.74, 6) is -0.159. The van der Waals surface area contributed by atoms with Crippen LogP contribution in [0.5, 0.6) is 0 Å². The standard InChI is InChI=1S/C14H22N2O5S.ClH/c1-8(15)11-5-6-16(7-11)22(18,19)13-10(3)21-9(2)12(13)14(17)20-4;/h8,11H,5-7,15H2,1-4H3;1H. The fourth-order valence-corrected chi connectivity index (χ4v) is 4.72. The van der Waals surface area contributed by atoms with Gasteiger partial charge in [-0.25, -0.2) is 13.2 Å². The van der Waals surface area contributed by atoms with E-state index in [9.17, 15) is 13.2 Å². The Balaban J connectivity index is 0.00000264. The summed E-state index contributed by atoms with van der Waals surface area (Å²) in [7, 11) is -2.61. The highest BCUT2D eigenvalue weighted by Crippen LogP contribution is 2.32. The Morgan fingerprint density at radius 3 is 2.48 bits per heavy atom. The number of methoxy groups -OCH3 is 1. The van der Waals surface area contributed by atoms with Gasteiger partial charge in [-0.2, -0.15) is 4.31 Å². The molecule has 1 aliphatic heterocycles. The van der Waals surface area contributed by atoms with E-state index in [1.807, 2.05) is 6.92 Å². The van der Waals surface area contributed by atoms with Crippen LogP contribution in [0.3, 0.4) is 0 Å². The van der Waals surface area contributed by atoms with E-state index >= 15 is 0 Å². The van der Waals surface area contributed by atoms with E-state index in [1.165, 1.54) is 18.3 Å². The minimum Gasteiger partial charge on any atom is -0.465 e. The quantitative estimate of drug-likeness (QED) is 0.809. The lowest BCUT2D eigenvalue weighted by molar-refractivity contribution is 0.0594. The third kappa shape index (κ3) is 3.55. The van der Waals surface area contributed by atoms with E-state index < -0.39 is 16.0 Å². The summed E-state index contributed by atoms with van der Waals surface area (Å²) >= 11 is 0. The molecule has 2 N–H and O–H groups in total. The van der Waals surface area contributed by atoms with Crippen molar-refractivity contribution >= 4 is 28.4 Å². The molecule has 0 aromatic carbocycles. The largest absolute Gasteiger partial charge is 0.465 e. The number of nitrogens with two attached hydrogens (primary N) is 1. The zero-order valence-electron chi connectivity index (χ0n) is 13.7. The van der Waals surface area contributed by atoms with Crippen molar-refractivity contribution < 1.29 is 22.4 Å². The topological polar surface area (TPSA) is 103 Å². The Labute approximate surface area is 142 Å². The predicted octanol–water partition coefficient (Wildman–Crippen LogP) is 1.46. The van der Waals surface area contributed by atoms with Gasteiger partial charge in [0, 0.05) is 19.1 Å². The van der Waals surface area contributed by atoms with E-state index in [2.05, 4.69) is 4.74 Å². The summed E-state index contributed by atoms with van der Waals surface area (Å²) in [5, 5.41) is 0. The van der Waals surface area contributed by atoms with Crippen LogP contribution in [0.15, 0.2) is 9.31 Å². The molecule has 2 heterocycles. The first-order valence-electron chi connectivity index (χ1n) is 7.14. The summed E-state index contributed by atoms with van der Waals surface area (Å²) in [6, 6.07) is -0.0764. The van der Waals surface area contributed by atoms with Crippen LogP contribution in [0.4, 0.5) is 0 Å². The van der Waals surface area contributed by atoms with Crippen molar-refractivity contribution in [1.82, 2.24) is 4.31 Å². The summed E-state index contributed by atoms with van der Waals surface area (Å²) < 4.78 is 37.2. The highest BCUT2D eigenvalue weighted by Gasteiger charge is 2.39. The van der Waals surface area contributed by atoms with Crippen molar-refractivity contribution in [2.75, 3.05) is 20.2 Å². The number of hydrogen-bond donors (Lipinski definition) is 1. The van der Waals surface area contributed by atoms with Gasteiger partial charge in [0.1, 0.15) is 22.0 Å². The van der Waals surface area contributed by atoms with Gasteiger partial charge in [-0.05, 0) is 33.1 Å². The molecule has 0 amide bonds. The summed E-state index contributed by atoms with van der Waals surface area (Å²) in [6.07, 6.45) is 0.709. The Kier molecular flexibility index (Phi) is 6.25. The van der Waals surface area contributed by atoms with Crippen LogP contribution in [0.1, 0.15) is 35.2 Å². The number of carbonyl (C=O) groups excluding carboxylic acids is 1. The van der Waals surface area contributed by atoms with Crippen LogP contribution in [-0.2, 0) is 14.8 Å². The molecule has 0 spiro atoms. The highest BCUT2D eigenvalue weighted by atomic mass is 35.5. The van der Waals surface area contributed by atoms with Gasteiger partial charge < -0.3 is 14.9 Å². The number of hydrogen-bond acceptors (Lipinski definition) is 6. The van der Waals surface area contributed by atoms with Gasteiger partial charge in [-0.15, -0.1) is 12.4 Å². The SMILES string of the molecule is COC(=O)c1c(C)oc(C)c1S(=O)(=O)N1CCC(C(C)N)C1.Cl. The smallest absolute Gasteiger partial charge is 0.342 e. The van der Waals surface area contributed by atoms with Gasteiger partial charge in [0.25, 0.3) is 0 Å². The molecule has 23 heavy (non-hydrogen) atoms. The molecule has 2 unspecified atom stereocenters. The summed E-state index contributed by atoms with van der Waals surface area (Å²) in [4.78, 5) is 11.8. The first-order valence-corrected chi connectivity index (χ1v) is 8.58. The molecule has 1 fully saturated rings. The van der Waals surface area contributed by atoms with Crippen LogP contribution in [0.2, 0.25) is 0 Å². The molecule has 132 valence electrons. The number of nitrogens with zero attached hydrogens (tertiary/aromatic N) is 1. The lowest BCUT2D eigenvalue weighted by Crippen LogP contribution is -2.33. The molecule has 1 aromatic rings. The van der Waals surface area contributed by atoms with E-state index in [1.54, 1.807) is 6.92 Å². The molecule has 2 rings (SSSR count). The Morgan fingerprint density at radius 1 is 1.39 bits per heavy atom. The lowest BCUT2D eigenvalue weighted by atomic mass is 10.0. The second kappa shape index (κ2) is 7.21. The summed E-state index contributed by atoms with van der Waals surface area (Å²) in [6.45, 7) is 5.69. The number of sulfonamides is 1. The highest BCUT2D eigenvalue weighted by molar-refractivity contribution is 7.89. The maximum atomic E-state index is 12.9. The molecule has 0 bridgehead atoms. The lowest BCUT2D eigenvalue weighted by Gasteiger charge is -2.18. The zero-order valence-corrected chi connectivity index (χ0v) is 15.3. The van der Waals surface area contributed by atoms with Crippen LogP contribution in [0, 0.1) is 19.8 Å². The molecule has 0 radical (unpaired) electrons. The monoisotopic (exact) mass is 366 g/mol. The van der Waals surface area contributed by atoms with Crippen LogP contribution < -0.4 is 5.73 Å². The van der Waals surface area contributed by atoms with Crippen LogP contribution >= 0.6 is 12.4 Å². The molecule has 0 saturated carbocycles. The Bertz CT molecular complexity index is 684. The normalized spacial score (nSPS) is 20.1. The van der Waals surface area contributed by atoms with Crippen molar-refractivity contribution in [1.29, 1.82) is 0 Å². The van der Waals surface area contributed by atoms with Gasteiger partial charge in [0.15, 0.2) is 0 Å². The third-order valence-electron chi connectivity index (χ3n) is 4.12. The molecule has 7 nitrogen and oxygen atoms in total. The molecule has 9 heteroatoms.